The number of hydrogen-bond acceptors (Lipinski definition) is 2. The lowest BCUT2D eigenvalue weighted by molar-refractivity contribution is -0.130. The normalized spacial score (nSPS) is 30.9. The first-order valence-corrected chi connectivity index (χ1v) is 8.59. The van der Waals surface area contributed by atoms with E-state index in [0.717, 1.165) is 22.0 Å². The molecule has 0 bridgehead atoms. The largest absolute Gasteiger partial charge is 0.299 e. The van der Waals surface area contributed by atoms with E-state index in [9.17, 15) is 9.59 Å². The van der Waals surface area contributed by atoms with Crippen molar-refractivity contribution >= 4 is 27.5 Å². The summed E-state index contributed by atoms with van der Waals surface area (Å²) in [5.74, 6) is 0.571. The van der Waals surface area contributed by atoms with Crippen molar-refractivity contribution in [1.82, 2.24) is 0 Å². The van der Waals surface area contributed by atoms with E-state index in [1.807, 2.05) is 45.9 Å². The van der Waals surface area contributed by atoms with Gasteiger partial charge in [0.2, 0.25) is 0 Å². The van der Waals surface area contributed by atoms with E-state index in [0.29, 0.717) is 18.6 Å². The molecule has 0 heterocycles. The van der Waals surface area contributed by atoms with E-state index in [1.54, 1.807) is 0 Å². The summed E-state index contributed by atoms with van der Waals surface area (Å²) in [6.07, 6.45) is 2.22. The van der Waals surface area contributed by atoms with Gasteiger partial charge in [-0.1, -0.05) is 49.7 Å². The molecule has 0 saturated heterocycles. The summed E-state index contributed by atoms with van der Waals surface area (Å²) in [4.78, 5) is 24.8. The smallest absolute Gasteiger partial charge is 0.169 e. The predicted molar refractivity (Wildman–Crippen MR) is 88.5 cm³/mol. The zero-order chi connectivity index (χ0) is 15.8. The highest BCUT2D eigenvalue weighted by atomic mass is 79.9. The number of halogens is 1. The molecule has 1 fully saturated rings. The van der Waals surface area contributed by atoms with Crippen LogP contribution in [0.4, 0.5) is 0 Å². The number of hydrogen-bond donors (Lipinski definition) is 0. The lowest BCUT2D eigenvalue weighted by Crippen LogP contribution is -2.41. The van der Waals surface area contributed by atoms with Gasteiger partial charge >= 0.3 is 0 Å². The Balaban J connectivity index is 0.000000774. The highest BCUT2D eigenvalue weighted by Crippen LogP contribution is 2.49. The summed E-state index contributed by atoms with van der Waals surface area (Å²) in [5.41, 5.74) is 1.67. The summed E-state index contributed by atoms with van der Waals surface area (Å²) < 4.78 is 0.949. The third-order valence-electron chi connectivity index (χ3n) is 4.69. The van der Waals surface area contributed by atoms with Crippen molar-refractivity contribution in [3.8, 4) is 0 Å². The predicted octanol–water partition coefficient (Wildman–Crippen LogP) is 4.84. The standard InChI is InChI=1S/C16H17BrO2.C2H6/c1-9-6-16(7-10(2)14(9)18)8-11-3-4-12(17)5-13(11)15(16)19;1-2/h3-5,9-10H,6-8H2,1-2H3;1-2H3/t9-,10+,16?;. The molecule has 1 spiro atoms. The minimum Gasteiger partial charge on any atom is -0.299 e. The highest BCUT2D eigenvalue weighted by molar-refractivity contribution is 9.10. The Morgan fingerprint density at radius 1 is 1.10 bits per heavy atom. The Bertz CT molecular complexity index is 563. The van der Waals surface area contributed by atoms with Crippen molar-refractivity contribution in [1.29, 1.82) is 0 Å². The van der Waals surface area contributed by atoms with Crippen molar-refractivity contribution in [3.63, 3.8) is 0 Å². The topological polar surface area (TPSA) is 34.1 Å². The van der Waals surface area contributed by atoms with Gasteiger partial charge < -0.3 is 0 Å². The van der Waals surface area contributed by atoms with Crippen LogP contribution in [-0.4, -0.2) is 11.6 Å². The summed E-state index contributed by atoms with van der Waals surface area (Å²) in [7, 11) is 0. The van der Waals surface area contributed by atoms with E-state index in [2.05, 4.69) is 15.9 Å². The number of ketones is 2. The molecule has 0 aliphatic heterocycles. The number of Topliss-reactive ketones (excluding diaryl/α,β-unsaturated/α-hetero) is 2. The Labute approximate surface area is 135 Å². The third kappa shape index (κ3) is 2.73. The lowest BCUT2D eigenvalue weighted by Gasteiger charge is -2.37. The molecule has 3 atom stereocenters. The molecule has 1 unspecified atom stereocenters. The summed E-state index contributed by atoms with van der Waals surface area (Å²) in [5, 5.41) is 0. The molecule has 1 aromatic carbocycles. The number of fused-ring (bicyclic) bond motifs is 1. The maximum Gasteiger partial charge on any atom is 0.169 e. The summed E-state index contributed by atoms with van der Waals surface area (Å²) >= 11 is 3.43. The van der Waals surface area contributed by atoms with Crippen LogP contribution in [0.5, 0.6) is 0 Å². The molecule has 0 radical (unpaired) electrons. The zero-order valence-corrected chi connectivity index (χ0v) is 14.8. The molecule has 21 heavy (non-hydrogen) atoms. The Kier molecular flexibility index (Phi) is 4.72. The Morgan fingerprint density at radius 2 is 1.67 bits per heavy atom. The first-order valence-electron chi connectivity index (χ1n) is 7.80. The number of benzene rings is 1. The maximum atomic E-state index is 12.8. The van der Waals surface area contributed by atoms with Gasteiger partial charge in [0, 0.05) is 27.3 Å². The average Bonchev–Trinajstić information content (AvgIpc) is 2.72. The van der Waals surface area contributed by atoms with Crippen LogP contribution >= 0.6 is 15.9 Å². The number of carbonyl (C=O) groups is 2. The monoisotopic (exact) mass is 350 g/mol. The zero-order valence-electron chi connectivity index (χ0n) is 13.2. The van der Waals surface area contributed by atoms with E-state index >= 15 is 0 Å². The van der Waals surface area contributed by atoms with Crippen LogP contribution in [0.25, 0.3) is 0 Å². The fourth-order valence-corrected chi connectivity index (χ4v) is 4.28. The van der Waals surface area contributed by atoms with Crippen molar-refractivity contribution in [2.24, 2.45) is 17.3 Å². The molecule has 2 aliphatic rings. The lowest BCUT2D eigenvalue weighted by atomic mass is 9.64. The molecule has 0 aromatic heterocycles. The van der Waals surface area contributed by atoms with Crippen LogP contribution in [-0.2, 0) is 11.2 Å². The molecular weight excluding hydrogens is 328 g/mol. The minimum atomic E-state index is -0.324. The second-order valence-corrected chi connectivity index (χ2v) is 7.12. The van der Waals surface area contributed by atoms with Crippen LogP contribution in [0.3, 0.4) is 0 Å². The molecule has 0 amide bonds. The minimum absolute atomic E-state index is 0.00505. The van der Waals surface area contributed by atoms with Gasteiger partial charge in [-0.25, -0.2) is 0 Å². The molecule has 3 heteroatoms. The SMILES string of the molecule is CC.C[C@@H]1CC2(Cc3ccc(Br)cc3C2=O)C[C@H](C)C1=O. The Morgan fingerprint density at radius 3 is 2.24 bits per heavy atom. The van der Waals surface area contributed by atoms with Gasteiger partial charge in [0.05, 0.1) is 0 Å². The van der Waals surface area contributed by atoms with E-state index in [-0.39, 0.29) is 23.0 Å². The number of rotatable bonds is 0. The fraction of sp³-hybridized carbons (Fsp3) is 0.556. The van der Waals surface area contributed by atoms with Gasteiger partial charge in [0.25, 0.3) is 0 Å². The van der Waals surface area contributed by atoms with Crippen molar-refractivity contribution in [3.05, 3.63) is 33.8 Å². The highest BCUT2D eigenvalue weighted by Gasteiger charge is 2.51. The molecule has 3 rings (SSSR count). The van der Waals surface area contributed by atoms with Gasteiger partial charge in [-0.15, -0.1) is 0 Å². The van der Waals surface area contributed by atoms with Crippen LogP contribution in [0.1, 0.15) is 56.5 Å². The summed E-state index contributed by atoms with van der Waals surface area (Å²) in [6.45, 7) is 7.93. The quantitative estimate of drug-likeness (QED) is 0.671. The third-order valence-corrected chi connectivity index (χ3v) is 5.19. The van der Waals surface area contributed by atoms with Gasteiger partial charge in [0.15, 0.2) is 5.78 Å². The van der Waals surface area contributed by atoms with Gasteiger partial charge in [-0.3, -0.25) is 9.59 Å². The van der Waals surface area contributed by atoms with Crippen molar-refractivity contribution < 1.29 is 9.59 Å². The van der Waals surface area contributed by atoms with Crippen molar-refractivity contribution in [2.45, 2.75) is 47.0 Å². The van der Waals surface area contributed by atoms with Gasteiger partial charge in [0.1, 0.15) is 5.78 Å². The molecular formula is C18H23BrO2. The molecule has 1 aromatic rings. The van der Waals surface area contributed by atoms with Crippen LogP contribution in [0.2, 0.25) is 0 Å². The van der Waals surface area contributed by atoms with Gasteiger partial charge in [-0.2, -0.15) is 0 Å². The van der Waals surface area contributed by atoms with Crippen LogP contribution < -0.4 is 0 Å². The van der Waals surface area contributed by atoms with Crippen molar-refractivity contribution in [2.75, 3.05) is 0 Å². The molecule has 2 aliphatic carbocycles. The Hall–Kier alpha value is -0.960. The van der Waals surface area contributed by atoms with Crippen LogP contribution in [0.15, 0.2) is 22.7 Å². The van der Waals surface area contributed by atoms with Crippen LogP contribution in [0, 0.1) is 17.3 Å². The molecule has 2 nitrogen and oxygen atoms in total. The first-order chi connectivity index (χ1) is 9.93. The maximum absolute atomic E-state index is 12.8. The van der Waals surface area contributed by atoms with E-state index < -0.39 is 0 Å². The van der Waals surface area contributed by atoms with Gasteiger partial charge in [-0.05, 0) is 37.0 Å². The van der Waals surface area contributed by atoms with E-state index in [4.69, 9.17) is 0 Å². The molecule has 114 valence electrons. The first kappa shape index (κ1) is 16.4. The molecule has 0 N–H and O–H groups in total. The number of carbonyl (C=O) groups excluding carboxylic acids is 2. The van der Waals surface area contributed by atoms with E-state index in [1.165, 1.54) is 0 Å². The second kappa shape index (κ2) is 6.04. The molecule has 1 saturated carbocycles. The summed E-state index contributed by atoms with van der Waals surface area (Å²) in [6, 6.07) is 5.96. The fourth-order valence-electron chi connectivity index (χ4n) is 3.92. The average molecular weight is 351 g/mol. The second-order valence-electron chi connectivity index (χ2n) is 6.20.